The molecule has 2 nitrogen and oxygen atoms in total. The Hall–Kier alpha value is 0.601. The Morgan fingerprint density at radius 1 is 1.29 bits per heavy atom. The SMILES string of the molecule is NCc1ccncc1C[B-](F)(F)F.[K+]. The van der Waals surface area contributed by atoms with Crippen LogP contribution in [0.5, 0.6) is 0 Å². The van der Waals surface area contributed by atoms with Crippen LogP contribution in [0.2, 0.25) is 0 Å². The smallest absolute Gasteiger partial charge is 0.449 e. The average Bonchev–Trinajstić information content (AvgIpc) is 2.02. The van der Waals surface area contributed by atoms with Gasteiger partial charge in [-0.05, 0) is 11.6 Å². The maximum absolute atomic E-state index is 12.1. The quantitative estimate of drug-likeness (QED) is 0.638. The standard InChI is InChI=1S/C7H9BF3N2.K/c9-8(10,11)3-7-5-13-2-1-6(7)4-12;/h1-2,5H,3-4,12H2;/q-1;+1. The summed E-state index contributed by atoms with van der Waals surface area (Å²) in [7, 11) is 0. The van der Waals surface area contributed by atoms with Crippen molar-refractivity contribution in [2.75, 3.05) is 0 Å². The summed E-state index contributed by atoms with van der Waals surface area (Å²) in [5, 5.41) is 0. The summed E-state index contributed by atoms with van der Waals surface area (Å²) < 4.78 is 36.2. The zero-order chi connectivity index (χ0) is 9.90. The van der Waals surface area contributed by atoms with Gasteiger partial charge < -0.3 is 18.7 Å². The van der Waals surface area contributed by atoms with Crippen molar-refractivity contribution in [2.45, 2.75) is 12.9 Å². The molecule has 1 aromatic heterocycles. The van der Waals surface area contributed by atoms with Crippen molar-refractivity contribution in [3.05, 3.63) is 29.6 Å². The molecule has 2 N–H and O–H groups in total. The van der Waals surface area contributed by atoms with Crippen LogP contribution in [0.15, 0.2) is 18.5 Å². The van der Waals surface area contributed by atoms with Crippen molar-refractivity contribution in [3.63, 3.8) is 0 Å². The van der Waals surface area contributed by atoms with E-state index in [9.17, 15) is 12.9 Å². The molecule has 0 unspecified atom stereocenters. The number of nitrogens with two attached hydrogens (primary N) is 1. The number of nitrogens with zero attached hydrogens (tertiary/aromatic N) is 1. The molecule has 7 heteroatoms. The second kappa shape index (κ2) is 6.24. The van der Waals surface area contributed by atoms with Crippen LogP contribution in [0, 0.1) is 0 Å². The summed E-state index contributed by atoms with van der Waals surface area (Å²) in [5.41, 5.74) is 5.97. The molecule has 0 amide bonds. The topological polar surface area (TPSA) is 38.9 Å². The Kier molecular flexibility index (Phi) is 6.51. The molecule has 1 heterocycles. The number of aromatic nitrogens is 1. The van der Waals surface area contributed by atoms with Crippen molar-refractivity contribution in [3.8, 4) is 0 Å². The summed E-state index contributed by atoms with van der Waals surface area (Å²) in [6.45, 7) is -4.69. The molecule has 1 aromatic rings. The fourth-order valence-corrected chi connectivity index (χ4v) is 1.09. The summed E-state index contributed by atoms with van der Waals surface area (Å²) in [6, 6.07) is 1.51. The van der Waals surface area contributed by atoms with Crippen molar-refractivity contribution in [1.29, 1.82) is 0 Å². The van der Waals surface area contributed by atoms with E-state index in [4.69, 9.17) is 5.73 Å². The molecule has 0 bridgehead atoms. The predicted octanol–water partition coefficient (Wildman–Crippen LogP) is -1.53. The monoisotopic (exact) mass is 228 g/mol. The average molecular weight is 228 g/mol. The van der Waals surface area contributed by atoms with Crippen LogP contribution in [0.4, 0.5) is 12.9 Å². The van der Waals surface area contributed by atoms with E-state index in [0.717, 1.165) is 0 Å². The normalized spacial score (nSPS) is 10.9. The molecular weight excluding hydrogens is 219 g/mol. The van der Waals surface area contributed by atoms with Crippen LogP contribution in [-0.4, -0.2) is 12.0 Å². The number of hydrogen-bond acceptors (Lipinski definition) is 2. The van der Waals surface area contributed by atoms with Gasteiger partial charge in [-0.3, -0.25) is 4.98 Å². The van der Waals surface area contributed by atoms with E-state index in [0.29, 0.717) is 5.56 Å². The first-order valence-corrected chi connectivity index (χ1v) is 3.86. The summed E-state index contributed by atoms with van der Waals surface area (Å²) in [5.74, 6) is 0. The molecule has 0 aliphatic heterocycles. The second-order valence-corrected chi connectivity index (χ2v) is 2.76. The summed E-state index contributed by atoms with van der Waals surface area (Å²) >= 11 is 0. The Bertz CT molecular complexity index is 293. The molecular formula is C7H9BF3KN2. The van der Waals surface area contributed by atoms with Gasteiger partial charge in [0.25, 0.3) is 0 Å². The van der Waals surface area contributed by atoms with Gasteiger partial charge in [0.2, 0.25) is 0 Å². The van der Waals surface area contributed by atoms with Crippen LogP contribution in [0.1, 0.15) is 11.1 Å². The third-order valence-electron chi connectivity index (χ3n) is 1.68. The molecule has 0 spiro atoms. The molecule has 14 heavy (non-hydrogen) atoms. The van der Waals surface area contributed by atoms with Crippen LogP contribution >= 0.6 is 0 Å². The molecule has 0 fully saturated rings. The molecule has 0 radical (unpaired) electrons. The van der Waals surface area contributed by atoms with Crippen molar-refractivity contribution in [1.82, 2.24) is 4.98 Å². The molecule has 0 aromatic carbocycles. The van der Waals surface area contributed by atoms with E-state index in [1.165, 1.54) is 18.5 Å². The second-order valence-electron chi connectivity index (χ2n) is 2.76. The van der Waals surface area contributed by atoms with Crippen LogP contribution in [0.3, 0.4) is 0 Å². The van der Waals surface area contributed by atoms with E-state index in [2.05, 4.69) is 4.98 Å². The number of rotatable bonds is 3. The maximum atomic E-state index is 12.1. The van der Waals surface area contributed by atoms with Gasteiger partial charge in [0.15, 0.2) is 0 Å². The van der Waals surface area contributed by atoms with Crippen LogP contribution in [0.25, 0.3) is 0 Å². The third-order valence-corrected chi connectivity index (χ3v) is 1.68. The van der Waals surface area contributed by atoms with Crippen molar-refractivity contribution in [2.24, 2.45) is 5.73 Å². The first-order valence-electron chi connectivity index (χ1n) is 3.86. The third kappa shape index (κ3) is 4.90. The first kappa shape index (κ1) is 14.6. The Balaban J connectivity index is 0.00000169. The van der Waals surface area contributed by atoms with Crippen molar-refractivity contribution < 1.29 is 64.3 Å². The molecule has 1 rings (SSSR count). The van der Waals surface area contributed by atoms with Crippen LogP contribution in [-0.2, 0) is 12.9 Å². The number of pyridine rings is 1. The van der Waals surface area contributed by atoms with Gasteiger partial charge in [0.05, 0.1) is 0 Å². The minimum atomic E-state index is -4.80. The zero-order valence-corrected chi connectivity index (χ0v) is 11.0. The fraction of sp³-hybridized carbons (Fsp3) is 0.286. The fourth-order valence-electron chi connectivity index (χ4n) is 1.09. The van der Waals surface area contributed by atoms with E-state index >= 15 is 0 Å². The maximum Gasteiger partial charge on any atom is 1.00 e. The molecule has 0 aliphatic carbocycles. The zero-order valence-electron chi connectivity index (χ0n) is 7.88. The molecule has 0 saturated carbocycles. The predicted molar refractivity (Wildman–Crippen MR) is 44.9 cm³/mol. The van der Waals surface area contributed by atoms with Gasteiger partial charge in [-0.25, -0.2) is 0 Å². The summed E-state index contributed by atoms with van der Waals surface area (Å²) in [4.78, 5) is 3.63. The van der Waals surface area contributed by atoms with E-state index < -0.39 is 13.3 Å². The van der Waals surface area contributed by atoms with Crippen molar-refractivity contribution >= 4 is 6.98 Å². The molecule has 72 valence electrons. The molecule has 0 saturated heterocycles. The molecule has 0 atom stereocenters. The number of halogens is 3. The Morgan fingerprint density at radius 2 is 1.93 bits per heavy atom. The van der Waals surface area contributed by atoms with Gasteiger partial charge in [-0.15, -0.1) is 0 Å². The van der Waals surface area contributed by atoms with Gasteiger partial charge in [0.1, 0.15) is 0 Å². The van der Waals surface area contributed by atoms with E-state index in [1.807, 2.05) is 0 Å². The van der Waals surface area contributed by atoms with Gasteiger partial charge in [-0.1, -0.05) is 11.9 Å². The Labute approximate surface area is 123 Å². The Morgan fingerprint density at radius 3 is 2.43 bits per heavy atom. The largest absolute Gasteiger partial charge is 1.00 e. The van der Waals surface area contributed by atoms with Gasteiger partial charge in [0, 0.05) is 18.9 Å². The number of hydrogen-bond donors (Lipinski definition) is 1. The summed E-state index contributed by atoms with van der Waals surface area (Å²) in [6.07, 6.45) is 1.76. The first-order chi connectivity index (χ1) is 6.03. The minimum absolute atomic E-state index is 0. The van der Waals surface area contributed by atoms with Gasteiger partial charge in [-0.2, -0.15) is 0 Å². The van der Waals surface area contributed by atoms with Crippen LogP contribution < -0.4 is 57.1 Å². The minimum Gasteiger partial charge on any atom is -0.449 e. The molecule has 0 aliphatic rings. The van der Waals surface area contributed by atoms with Gasteiger partial charge >= 0.3 is 58.4 Å². The van der Waals surface area contributed by atoms with E-state index in [-0.39, 0.29) is 63.5 Å². The van der Waals surface area contributed by atoms with E-state index in [1.54, 1.807) is 0 Å².